The van der Waals surface area contributed by atoms with Crippen LogP contribution in [-0.2, 0) is 0 Å². The van der Waals surface area contributed by atoms with Crippen molar-refractivity contribution in [3.8, 4) is 5.75 Å². The minimum Gasteiger partial charge on any atom is -0.494 e. The number of hydrogen-bond acceptors (Lipinski definition) is 2. The molecule has 2 nitrogen and oxygen atoms in total. The SMILES string of the molecule is COc1ccc(C(C)Nc2cc(Br)c(F)cc2C)cc1F. The van der Waals surface area contributed by atoms with Crippen molar-refractivity contribution in [2.24, 2.45) is 0 Å². The fourth-order valence-electron chi connectivity index (χ4n) is 2.07. The van der Waals surface area contributed by atoms with Crippen molar-refractivity contribution in [2.45, 2.75) is 19.9 Å². The van der Waals surface area contributed by atoms with Crippen LogP contribution in [0.25, 0.3) is 0 Å². The Balaban J connectivity index is 2.23. The predicted octanol–water partition coefficient (Wildman–Crippen LogP) is 5.22. The van der Waals surface area contributed by atoms with Crippen LogP contribution in [-0.4, -0.2) is 7.11 Å². The molecular weight excluding hydrogens is 340 g/mol. The molecule has 1 atom stereocenters. The van der Waals surface area contributed by atoms with Gasteiger partial charge in [0.15, 0.2) is 11.6 Å². The van der Waals surface area contributed by atoms with Gasteiger partial charge in [-0.1, -0.05) is 6.07 Å². The lowest BCUT2D eigenvalue weighted by atomic mass is 10.1. The number of anilines is 1. The van der Waals surface area contributed by atoms with E-state index >= 15 is 0 Å². The van der Waals surface area contributed by atoms with E-state index in [1.807, 2.05) is 13.8 Å². The normalized spacial score (nSPS) is 12.1. The van der Waals surface area contributed by atoms with Crippen LogP contribution < -0.4 is 10.1 Å². The predicted molar refractivity (Wildman–Crippen MR) is 83.8 cm³/mol. The van der Waals surface area contributed by atoms with E-state index in [1.54, 1.807) is 18.2 Å². The zero-order chi connectivity index (χ0) is 15.6. The molecule has 2 aromatic carbocycles. The third-order valence-electron chi connectivity index (χ3n) is 3.32. The van der Waals surface area contributed by atoms with Crippen LogP contribution in [0.5, 0.6) is 5.75 Å². The second-order valence-electron chi connectivity index (χ2n) is 4.84. The van der Waals surface area contributed by atoms with Gasteiger partial charge in [0.1, 0.15) is 5.82 Å². The third kappa shape index (κ3) is 3.53. The lowest BCUT2D eigenvalue weighted by Gasteiger charge is -2.18. The Morgan fingerprint density at radius 2 is 1.86 bits per heavy atom. The monoisotopic (exact) mass is 355 g/mol. The first-order valence-electron chi connectivity index (χ1n) is 6.48. The highest BCUT2D eigenvalue weighted by Gasteiger charge is 2.12. The minimum atomic E-state index is -0.402. The molecule has 0 aromatic heterocycles. The average molecular weight is 356 g/mol. The number of ether oxygens (including phenoxy) is 1. The summed E-state index contributed by atoms with van der Waals surface area (Å²) in [5.74, 6) is -0.492. The van der Waals surface area contributed by atoms with E-state index < -0.39 is 5.82 Å². The molecule has 21 heavy (non-hydrogen) atoms. The first kappa shape index (κ1) is 15.8. The van der Waals surface area contributed by atoms with Crippen LogP contribution in [0, 0.1) is 18.6 Å². The van der Waals surface area contributed by atoms with Gasteiger partial charge in [-0.25, -0.2) is 8.78 Å². The number of nitrogens with one attached hydrogen (secondary N) is 1. The Hall–Kier alpha value is -1.62. The molecule has 0 bridgehead atoms. The van der Waals surface area contributed by atoms with E-state index in [4.69, 9.17) is 4.74 Å². The van der Waals surface area contributed by atoms with Crippen LogP contribution in [0.2, 0.25) is 0 Å². The maximum atomic E-state index is 13.7. The molecule has 0 amide bonds. The van der Waals surface area contributed by atoms with Gasteiger partial charge >= 0.3 is 0 Å². The molecule has 1 unspecified atom stereocenters. The zero-order valence-corrected chi connectivity index (χ0v) is 13.6. The van der Waals surface area contributed by atoms with Crippen molar-refractivity contribution in [3.63, 3.8) is 0 Å². The average Bonchev–Trinajstić information content (AvgIpc) is 2.44. The highest BCUT2D eigenvalue weighted by molar-refractivity contribution is 9.10. The summed E-state index contributed by atoms with van der Waals surface area (Å²) >= 11 is 3.17. The summed E-state index contributed by atoms with van der Waals surface area (Å²) in [6.07, 6.45) is 0. The quantitative estimate of drug-likeness (QED) is 0.811. The van der Waals surface area contributed by atoms with E-state index in [2.05, 4.69) is 21.2 Å². The summed E-state index contributed by atoms with van der Waals surface area (Å²) in [7, 11) is 1.43. The number of halogens is 3. The molecule has 0 saturated heterocycles. The molecular formula is C16H16BrF2NO. The van der Waals surface area contributed by atoms with E-state index in [0.717, 1.165) is 16.8 Å². The van der Waals surface area contributed by atoms with Crippen molar-refractivity contribution < 1.29 is 13.5 Å². The molecule has 0 aliphatic heterocycles. The highest BCUT2D eigenvalue weighted by atomic mass is 79.9. The highest BCUT2D eigenvalue weighted by Crippen LogP contribution is 2.29. The number of rotatable bonds is 4. The van der Waals surface area contributed by atoms with Gasteiger partial charge < -0.3 is 10.1 Å². The Bertz CT molecular complexity index is 661. The lowest BCUT2D eigenvalue weighted by molar-refractivity contribution is 0.386. The van der Waals surface area contributed by atoms with Gasteiger partial charge in [0.25, 0.3) is 0 Å². The second-order valence-corrected chi connectivity index (χ2v) is 5.70. The van der Waals surface area contributed by atoms with Crippen LogP contribution in [0.3, 0.4) is 0 Å². The molecule has 0 fully saturated rings. The molecule has 1 N–H and O–H groups in total. The van der Waals surface area contributed by atoms with E-state index in [9.17, 15) is 8.78 Å². The number of methoxy groups -OCH3 is 1. The summed E-state index contributed by atoms with van der Waals surface area (Å²) < 4.78 is 32.4. The largest absolute Gasteiger partial charge is 0.494 e. The fourth-order valence-corrected chi connectivity index (χ4v) is 2.41. The van der Waals surface area contributed by atoms with E-state index in [0.29, 0.717) is 4.47 Å². The van der Waals surface area contributed by atoms with Crippen LogP contribution in [0.4, 0.5) is 14.5 Å². The maximum Gasteiger partial charge on any atom is 0.165 e. The molecule has 0 heterocycles. The molecule has 5 heteroatoms. The summed E-state index contributed by atoms with van der Waals surface area (Å²) in [5.41, 5.74) is 2.37. The molecule has 112 valence electrons. The van der Waals surface area contributed by atoms with Crippen LogP contribution >= 0.6 is 15.9 Å². The Kier molecular flexibility index (Phi) is 4.83. The molecule has 0 aliphatic rings. The van der Waals surface area contributed by atoms with Crippen molar-refractivity contribution >= 4 is 21.6 Å². The lowest BCUT2D eigenvalue weighted by Crippen LogP contribution is -2.08. The topological polar surface area (TPSA) is 21.3 Å². The Labute approximate surface area is 131 Å². The number of benzene rings is 2. The van der Waals surface area contributed by atoms with Gasteiger partial charge in [0.05, 0.1) is 11.6 Å². The van der Waals surface area contributed by atoms with Crippen LogP contribution in [0.1, 0.15) is 24.1 Å². The summed E-state index contributed by atoms with van der Waals surface area (Å²) in [5, 5.41) is 3.26. The second kappa shape index (κ2) is 6.43. The van der Waals surface area contributed by atoms with Gasteiger partial charge in [0.2, 0.25) is 0 Å². The standard InChI is InChI=1S/C16H16BrF2NO/c1-9-6-13(18)12(17)8-15(9)20-10(2)11-4-5-16(21-3)14(19)7-11/h4-8,10,20H,1-3H3. The molecule has 0 spiro atoms. The first-order chi connectivity index (χ1) is 9.92. The minimum absolute atomic E-state index is 0.124. The van der Waals surface area contributed by atoms with E-state index in [-0.39, 0.29) is 17.6 Å². The van der Waals surface area contributed by atoms with E-state index in [1.165, 1.54) is 19.2 Å². The maximum absolute atomic E-state index is 13.7. The van der Waals surface area contributed by atoms with Gasteiger partial charge in [-0.3, -0.25) is 0 Å². The van der Waals surface area contributed by atoms with Gasteiger partial charge in [0, 0.05) is 11.7 Å². The number of aryl methyl sites for hydroxylation is 1. The summed E-state index contributed by atoms with van der Waals surface area (Å²) in [4.78, 5) is 0. The van der Waals surface area contributed by atoms with Crippen molar-refractivity contribution in [2.75, 3.05) is 12.4 Å². The fraction of sp³-hybridized carbons (Fsp3) is 0.250. The molecule has 2 rings (SSSR count). The van der Waals surface area contributed by atoms with Gasteiger partial charge in [-0.15, -0.1) is 0 Å². The molecule has 0 saturated carbocycles. The van der Waals surface area contributed by atoms with Gasteiger partial charge in [-0.05, 0) is 65.2 Å². The Morgan fingerprint density at radius 3 is 2.48 bits per heavy atom. The van der Waals surface area contributed by atoms with Crippen molar-refractivity contribution in [3.05, 3.63) is 57.6 Å². The smallest absolute Gasteiger partial charge is 0.165 e. The molecule has 0 radical (unpaired) electrons. The molecule has 0 aliphatic carbocycles. The summed E-state index contributed by atoms with van der Waals surface area (Å²) in [6, 6.07) is 7.84. The van der Waals surface area contributed by atoms with Gasteiger partial charge in [-0.2, -0.15) is 0 Å². The van der Waals surface area contributed by atoms with Crippen molar-refractivity contribution in [1.29, 1.82) is 0 Å². The van der Waals surface area contributed by atoms with Crippen molar-refractivity contribution in [1.82, 2.24) is 0 Å². The van der Waals surface area contributed by atoms with Crippen LogP contribution in [0.15, 0.2) is 34.8 Å². The third-order valence-corrected chi connectivity index (χ3v) is 3.92. The number of hydrogen-bond donors (Lipinski definition) is 1. The molecule has 2 aromatic rings. The zero-order valence-electron chi connectivity index (χ0n) is 12.0. The first-order valence-corrected chi connectivity index (χ1v) is 7.27. The Morgan fingerprint density at radius 1 is 1.14 bits per heavy atom. The summed E-state index contributed by atoms with van der Waals surface area (Å²) in [6.45, 7) is 3.73.